The van der Waals surface area contributed by atoms with Gasteiger partial charge in [0.1, 0.15) is 0 Å². The summed E-state index contributed by atoms with van der Waals surface area (Å²) in [4.78, 5) is 28.1. The summed E-state index contributed by atoms with van der Waals surface area (Å²) < 4.78 is 5.35. The Balaban J connectivity index is 1.74. The largest absolute Gasteiger partial charge is 0.382 e. The van der Waals surface area contributed by atoms with E-state index in [1.807, 2.05) is 43.3 Å². The van der Waals surface area contributed by atoms with Crippen LogP contribution < -0.4 is 15.5 Å². The van der Waals surface area contributed by atoms with E-state index < -0.39 is 0 Å². The van der Waals surface area contributed by atoms with Crippen LogP contribution >= 0.6 is 0 Å². The molecule has 1 heterocycles. The van der Waals surface area contributed by atoms with Crippen LogP contribution in [-0.2, 0) is 10.2 Å². The number of hydrogen-bond donors (Lipinski definition) is 2. The SMILES string of the molecule is CCOCCCNC(=O)c1cc(NC(=O)c2ccc(C(C)(C)C)cc2)ccc1N1CCCC1. The third-order valence-electron chi connectivity index (χ3n) is 5.91. The van der Waals surface area contributed by atoms with E-state index in [4.69, 9.17) is 4.74 Å². The monoisotopic (exact) mass is 451 g/mol. The quantitative estimate of drug-likeness (QED) is 0.527. The van der Waals surface area contributed by atoms with Gasteiger partial charge >= 0.3 is 0 Å². The van der Waals surface area contributed by atoms with Gasteiger partial charge in [-0.1, -0.05) is 32.9 Å². The second kappa shape index (κ2) is 11.3. The van der Waals surface area contributed by atoms with E-state index in [0.29, 0.717) is 36.6 Å². The topological polar surface area (TPSA) is 70.7 Å². The summed E-state index contributed by atoms with van der Waals surface area (Å²) in [5.74, 6) is -0.313. The molecule has 1 fully saturated rings. The lowest BCUT2D eigenvalue weighted by Crippen LogP contribution is -2.29. The van der Waals surface area contributed by atoms with Crippen LogP contribution in [0.1, 0.15) is 73.2 Å². The van der Waals surface area contributed by atoms with Gasteiger partial charge in [-0.2, -0.15) is 0 Å². The van der Waals surface area contributed by atoms with Gasteiger partial charge in [0, 0.05) is 49.8 Å². The van der Waals surface area contributed by atoms with E-state index in [1.165, 1.54) is 5.56 Å². The Morgan fingerprint density at radius 2 is 1.70 bits per heavy atom. The summed E-state index contributed by atoms with van der Waals surface area (Å²) in [6.07, 6.45) is 3.01. The van der Waals surface area contributed by atoms with Crippen molar-refractivity contribution in [3.63, 3.8) is 0 Å². The van der Waals surface area contributed by atoms with Gasteiger partial charge in [0.05, 0.1) is 5.56 Å². The minimum atomic E-state index is -0.188. The fourth-order valence-electron chi connectivity index (χ4n) is 3.97. The molecule has 6 nitrogen and oxygen atoms in total. The van der Waals surface area contributed by atoms with Gasteiger partial charge < -0.3 is 20.3 Å². The van der Waals surface area contributed by atoms with Crippen LogP contribution in [0.25, 0.3) is 0 Å². The molecule has 0 atom stereocenters. The van der Waals surface area contributed by atoms with E-state index in [0.717, 1.165) is 38.0 Å². The van der Waals surface area contributed by atoms with E-state index in [1.54, 1.807) is 6.07 Å². The Labute approximate surface area is 197 Å². The smallest absolute Gasteiger partial charge is 0.255 e. The highest BCUT2D eigenvalue weighted by atomic mass is 16.5. The minimum absolute atomic E-state index is 0.0331. The molecular weight excluding hydrogens is 414 g/mol. The molecule has 0 bridgehead atoms. The number of nitrogens with one attached hydrogen (secondary N) is 2. The molecular formula is C27H37N3O3. The Morgan fingerprint density at radius 1 is 1.00 bits per heavy atom. The molecule has 178 valence electrons. The third kappa shape index (κ3) is 6.81. The van der Waals surface area contributed by atoms with Crippen molar-refractivity contribution in [3.05, 3.63) is 59.2 Å². The molecule has 33 heavy (non-hydrogen) atoms. The molecule has 1 saturated heterocycles. The van der Waals surface area contributed by atoms with E-state index in [2.05, 4.69) is 36.3 Å². The summed E-state index contributed by atoms with van der Waals surface area (Å²) in [5.41, 5.74) is 3.93. The number of hydrogen-bond acceptors (Lipinski definition) is 4. The zero-order valence-electron chi connectivity index (χ0n) is 20.4. The van der Waals surface area contributed by atoms with Crippen molar-refractivity contribution in [3.8, 4) is 0 Å². The first-order valence-electron chi connectivity index (χ1n) is 12.0. The second-order valence-electron chi connectivity index (χ2n) is 9.51. The molecule has 2 amide bonds. The molecule has 6 heteroatoms. The molecule has 1 aliphatic heterocycles. The molecule has 0 spiro atoms. The highest BCUT2D eigenvalue weighted by Gasteiger charge is 2.21. The first-order chi connectivity index (χ1) is 15.8. The maximum absolute atomic E-state index is 13.0. The van der Waals surface area contributed by atoms with Crippen molar-refractivity contribution in [1.29, 1.82) is 0 Å². The number of rotatable bonds is 9. The van der Waals surface area contributed by atoms with Gasteiger partial charge in [-0.15, -0.1) is 0 Å². The van der Waals surface area contributed by atoms with Gasteiger partial charge in [-0.05, 0) is 67.5 Å². The molecule has 0 aromatic heterocycles. The summed E-state index contributed by atoms with van der Waals surface area (Å²) >= 11 is 0. The fraction of sp³-hybridized carbons (Fsp3) is 0.481. The molecule has 0 radical (unpaired) electrons. The lowest BCUT2D eigenvalue weighted by molar-refractivity contribution is 0.0943. The third-order valence-corrected chi connectivity index (χ3v) is 5.91. The number of benzene rings is 2. The van der Waals surface area contributed by atoms with E-state index in [-0.39, 0.29) is 17.2 Å². The van der Waals surface area contributed by atoms with Crippen LogP contribution in [0.2, 0.25) is 0 Å². The molecule has 1 aliphatic rings. The van der Waals surface area contributed by atoms with Crippen molar-refractivity contribution < 1.29 is 14.3 Å². The number of amides is 2. The standard InChI is InChI=1S/C27H37N3O3/c1-5-33-18-8-15-28-26(32)23-19-22(13-14-24(23)30-16-6-7-17-30)29-25(31)20-9-11-21(12-10-20)27(2,3)4/h9-14,19H,5-8,15-18H2,1-4H3,(H,28,32)(H,29,31). The highest BCUT2D eigenvalue weighted by molar-refractivity contribution is 6.06. The number of carbonyl (C=O) groups excluding carboxylic acids is 2. The van der Waals surface area contributed by atoms with Gasteiger partial charge in [0.25, 0.3) is 11.8 Å². The average Bonchev–Trinajstić information content (AvgIpc) is 3.33. The Bertz CT molecular complexity index is 942. The van der Waals surface area contributed by atoms with Crippen molar-refractivity contribution in [1.82, 2.24) is 5.32 Å². The number of nitrogens with zero attached hydrogens (tertiary/aromatic N) is 1. The first kappa shape index (κ1) is 24.8. The maximum Gasteiger partial charge on any atom is 0.255 e. The molecule has 0 aliphatic carbocycles. The van der Waals surface area contributed by atoms with Crippen LogP contribution in [-0.4, -0.2) is 44.7 Å². The summed E-state index contributed by atoms with van der Waals surface area (Å²) in [6.45, 7) is 12.1. The van der Waals surface area contributed by atoms with Crippen LogP contribution in [0, 0.1) is 0 Å². The van der Waals surface area contributed by atoms with Gasteiger partial charge in [0.2, 0.25) is 0 Å². The second-order valence-corrected chi connectivity index (χ2v) is 9.51. The van der Waals surface area contributed by atoms with Crippen LogP contribution in [0.15, 0.2) is 42.5 Å². The average molecular weight is 452 g/mol. The number of anilines is 2. The lowest BCUT2D eigenvalue weighted by Gasteiger charge is -2.22. The van der Waals surface area contributed by atoms with Gasteiger partial charge in [0.15, 0.2) is 0 Å². The zero-order chi connectivity index (χ0) is 23.8. The zero-order valence-corrected chi connectivity index (χ0v) is 20.4. The van der Waals surface area contributed by atoms with E-state index in [9.17, 15) is 9.59 Å². The minimum Gasteiger partial charge on any atom is -0.382 e. The summed E-state index contributed by atoms with van der Waals surface area (Å²) in [6, 6.07) is 13.3. The number of carbonyl (C=O) groups is 2. The molecule has 3 rings (SSSR count). The Kier molecular flexibility index (Phi) is 8.50. The predicted octanol–water partition coefficient (Wildman–Crippen LogP) is 4.99. The van der Waals surface area contributed by atoms with Gasteiger partial charge in [-0.25, -0.2) is 0 Å². The molecule has 0 unspecified atom stereocenters. The van der Waals surface area contributed by atoms with Crippen molar-refractivity contribution in [2.75, 3.05) is 43.1 Å². The lowest BCUT2D eigenvalue weighted by atomic mass is 9.87. The van der Waals surface area contributed by atoms with Crippen molar-refractivity contribution in [2.45, 2.75) is 52.4 Å². The fourth-order valence-corrected chi connectivity index (χ4v) is 3.97. The van der Waals surface area contributed by atoms with Crippen LogP contribution in [0.4, 0.5) is 11.4 Å². The van der Waals surface area contributed by atoms with Gasteiger partial charge in [-0.3, -0.25) is 9.59 Å². The Hall–Kier alpha value is -2.86. The van der Waals surface area contributed by atoms with Crippen LogP contribution in [0.5, 0.6) is 0 Å². The molecule has 2 aromatic rings. The van der Waals surface area contributed by atoms with Crippen molar-refractivity contribution >= 4 is 23.2 Å². The predicted molar refractivity (Wildman–Crippen MR) is 134 cm³/mol. The summed E-state index contributed by atoms with van der Waals surface area (Å²) in [5, 5.41) is 5.95. The summed E-state index contributed by atoms with van der Waals surface area (Å²) in [7, 11) is 0. The molecule has 2 N–H and O–H groups in total. The normalized spacial score (nSPS) is 13.8. The first-order valence-corrected chi connectivity index (χ1v) is 12.0. The maximum atomic E-state index is 13.0. The van der Waals surface area contributed by atoms with E-state index >= 15 is 0 Å². The number of ether oxygens (including phenoxy) is 1. The Morgan fingerprint density at radius 3 is 2.33 bits per heavy atom. The molecule has 2 aromatic carbocycles. The van der Waals surface area contributed by atoms with Crippen molar-refractivity contribution in [2.24, 2.45) is 0 Å². The molecule has 0 saturated carbocycles. The highest BCUT2D eigenvalue weighted by Crippen LogP contribution is 2.28. The van der Waals surface area contributed by atoms with Crippen LogP contribution in [0.3, 0.4) is 0 Å².